The molecule has 0 bridgehead atoms. The first-order valence-corrected chi connectivity index (χ1v) is 16.1. The molecule has 0 saturated carbocycles. The van der Waals surface area contributed by atoms with Gasteiger partial charge >= 0.3 is 0 Å². The molecular formula is C41H37N5O. The number of aryl methyl sites for hydroxylation is 1. The number of pyridine rings is 2. The molecule has 47 heavy (non-hydrogen) atoms. The number of nitrogens with zero attached hydrogens (tertiary/aromatic N) is 5. The van der Waals surface area contributed by atoms with Gasteiger partial charge in [-0.25, -0.2) is 9.97 Å². The van der Waals surface area contributed by atoms with E-state index in [0.717, 1.165) is 51.5 Å². The Morgan fingerprint density at radius 1 is 0.723 bits per heavy atom. The van der Waals surface area contributed by atoms with Crippen LogP contribution in [0.3, 0.4) is 0 Å². The van der Waals surface area contributed by atoms with Crippen molar-refractivity contribution in [2.45, 2.75) is 33.1 Å². The summed E-state index contributed by atoms with van der Waals surface area (Å²) in [6, 6.07) is 40.3. The second-order valence-corrected chi connectivity index (χ2v) is 13.5. The number of fused-ring (bicyclic) bond motifs is 4. The summed E-state index contributed by atoms with van der Waals surface area (Å²) in [6.45, 7) is 9.53. The molecule has 0 N–H and O–H groups in total. The van der Waals surface area contributed by atoms with Crippen LogP contribution in [0.25, 0.3) is 38.9 Å². The lowest BCUT2D eigenvalue weighted by atomic mass is 9.88. The fourth-order valence-electron chi connectivity index (χ4n) is 6.56. The summed E-state index contributed by atoms with van der Waals surface area (Å²) in [7, 11) is 2.12. The van der Waals surface area contributed by atoms with E-state index in [0.29, 0.717) is 11.6 Å². The standard InChI is InChI=1S/C41H37N5O/c1-27-14-16-28(17-15-27)34-23-30(45-26-44(5)36-12-8-9-13-37(36)45)24-40(43-34)47-31-18-19-33-32-10-6-7-11-35(32)46(38(33)25-31)39-22-29(20-21-42-39)41(2,3)4/h6-25H,26H2,1-5H3. The summed E-state index contributed by atoms with van der Waals surface area (Å²) >= 11 is 0. The topological polar surface area (TPSA) is 46.4 Å². The Labute approximate surface area is 275 Å². The Kier molecular flexibility index (Phi) is 6.76. The predicted octanol–water partition coefficient (Wildman–Crippen LogP) is 10.2. The summed E-state index contributed by atoms with van der Waals surface area (Å²) < 4.78 is 8.91. The SMILES string of the molecule is Cc1ccc(-c2cc(N3CN(C)c4ccccc43)cc(Oc3ccc4c5ccccc5n(-c5cc(C(C)(C)C)ccn5)c4c3)n2)cc1. The molecule has 0 saturated heterocycles. The molecule has 8 rings (SSSR count). The molecule has 0 spiro atoms. The smallest absolute Gasteiger partial charge is 0.221 e. The zero-order valence-corrected chi connectivity index (χ0v) is 27.4. The first-order valence-electron chi connectivity index (χ1n) is 16.1. The van der Waals surface area contributed by atoms with Gasteiger partial charge in [0.05, 0.1) is 40.5 Å². The van der Waals surface area contributed by atoms with E-state index in [1.165, 1.54) is 22.2 Å². The molecule has 0 radical (unpaired) electrons. The van der Waals surface area contributed by atoms with E-state index >= 15 is 0 Å². The largest absolute Gasteiger partial charge is 0.439 e. The molecule has 6 nitrogen and oxygen atoms in total. The minimum atomic E-state index is 0.00122. The van der Waals surface area contributed by atoms with Gasteiger partial charge in [-0.2, -0.15) is 0 Å². The summed E-state index contributed by atoms with van der Waals surface area (Å²) in [5.41, 5.74) is 9.89. The summed E-state index contributed by atoms with van der Waals surface area (Å²) in [4.78, 5) is 14.5. The number of para-hydroxylation sites is 3. The van der Waals surface area contributed by atoms with Crippen molar-refractivity contribution in [2.24, 2.45) is 0 Å². The minimum Gasteiger partial charge on any atom is -0.439 e. The van der Waals surface area contributed by atoms with Gasteiger partial charge < -0.3 is 14.5 Å². The lowest BCUT2D eigenvalue weighted by Crippen LogP contribution is -2.24. The summed E-state index contributed by atoms with van der Waals surface area (Å²) in [5.74, 6) is 2.14. The number of aromatic nitrogens is 3. The van der Waals surface area contributed by atoms with Crippen LogP contribution in [0.1, 0.15) is 31.9 Å². The molecule has 1 aliphatic rings. The second kappa shape index (κ2) is 11.0. The van der Waals surface area contributed by atoms with E-state index in [1.807, 2.05) is 18.3 Å². The monoisotopic (exact) mass is 615 g/mol. The second-order valence-electron chi connectivity index (χ2n) is 13.5. The fraction of sp³-hybridized carbons (Fsp3) is 0.171. The van der Waals surface area contributed by atoms with Crippen LogP contribution < -0.4 is 14.5 Å². The van der Waals surface area contributed by atoms with Gasteiger partial charge in [-0.15, -0.1) is 0 Å². The van der Waals surface area contributed by atoms with E-state index < -0.39 is 0 Å². The highest BCUT2D eigenvalue weighted by Crippen LogP contribution is 2.42. The molecule has 1 aliphatic heterocycles. The Bertz CT molecular complexity index is 2280. The molecule has 0 atom stereocenters. The number of hydrogen-bond donors (Lipinski definition) is 0. The molecular weight excluding hydrogens is 578 g/mol. The van der Waals surface area contributed by atoms with E-state index in [2.05, 4.69) is 152 Å². The zero-order chi connectivity index (χ0) is 32.3. The van der Waals surface area contributed by atoms with Gasteiger partial charge in [0.2, 0.25) is 5.88 Å². The first kappa shape index (κ1) is 28.8. The number of anilines is 3. The van der Waals surface area contributed by atoms with Gasteiger partial charge in [0.15, 0.2) is 0 Å². The van der Waals surface area contributed by atoms with Crippen LogP contribution in [-0.4, -0.2) is 28.3 Å². The van der Waals surface area contributed by atoms with Crippen LogP contribution in [0.4, 0.5) is 17.1 Å². The number of rotatable bonds is 5. The van der Waals surface area contributed by atoms with E-state index in [9.17, 15) is 0 Å². The van der Waals surface area contributed by atoms with Crippen LogP contribution in [0.5, 0.6) is 11.6 Å². The molecule has 4 heterocycles. The van der Waals surface area contributed by atoms with Crippen LogP contribution in [-0.2, 0) is 5.41 Å². The maximum atomic E-state index is 6.67. The first-order chi connectivity index (χ1) is 22.7. The Morgan fingerprint density at radius 3 is 2.28 bits per heavy atom. The van der Waals surface area contributed by atoms with Gasteiger partial charge in [0.25, 0.3) is 0 Å². The third kappa shape index (κ3) is 5.16. The van der Waals surface area contributed by atoms with Gasteiger partial charge in [0.1, 0.15) is 11.6 Å². The lowest BCUT2D eigenvalue weighted by Gasteiger charge is -2.21. The van der Waals surface area contributed by atoms with Crippen molar-refractivity contribution in [3.05, 3.63) is 133 Å². The van der Waals surface area contributed by atoms with E-state index in [-0.39, 0.29) is 5.41 Å². The number of hydrogen-bond acceptors (Lipinski definition) is 5. The zero-order valence-electron chi connectivity index (χ0n) is 27.4. The van der Waals surface area contributed by atoms with E-state index in [1.54, 1.807) is 0 Å². The van der Waals surface area contributed by atoms with Gasteiger partial charge in [0, 0.05) is 41.7 Å². The maximum Gasteiger partial charge on any atom is 0.221 e. The van der Waals surface area contributed by atoms with Gasteiger partial charge in [-0.1, -0.05) is 80.9 Å². The highest BCUT2D eigenvalue weighted by molar-refractivity contribution is 6.09. The summed E-state index contributed by atoms with van der Waals surface area (Å²) in [6.07, 6.45) is 1.91. The van der Waals surface area contributed by atoms with Crippen molar-refractivity contribution in [3.63, 3.8) is 0 Å². The van der Waals surface area contributed by atoms with Gasteiger partial charge in [-0.05, 0) is 66.4 Å². The lowest BCUT2D eigenvalue weighted by molar-refractivity contribution is 0.464. The number of benzene rings is 4. The molecule has 0 amide bonds. The highest BCUT2D eigenvalue weighted by atomic mass is 16.5. The van der Waals surface area contributed by atoms with Crippen LogP contribution in [0.15, 0.2) is 121 Å². The van der Waals surface area contributed by atoms with E-state index in [4.69, 9.17) is 14.7 Å². The van der Waals surface area contributed by atoms with Crippen molar-refractivity contribution in [1.29, 1.82) is 0 Å². The molecule has 0 fully saturated rings. The average Bonchev–Trinajstić information content (AvgIpc) is 3.59. The van der Waals surface area contributed by atoms with Crippen molar-refractivity contribution in [3.8, 4) is 28.7 Å². The average molecular weight is 616 g/mol. The third-order valence-electron chi connectivity index (χ3n) is 9.09. The Morgan fingerprint density at radius 2 is 1.47 bits per heavy atom. The highest BCUT2D eigenvalue weighted by Gasteiger charge is 2.25. The molecule has 4 aromatic carbocycles. The van der Waals surface area contributed by atoms with Crippen molar-refractivity contribution in [2.75, 3.05) is 23.5 Å². The molecule has 232 valence electrons. The molecule has 7 aromatic rings. The molecule has 6 heteroatoms. The third-order valence-corrected chi connectivity index (χ3v) is 9.09. The molecule has 0 aliphatic carbocycles. The van der Waals surface area contributed by atoms with Crippen molar-refractivity contribution >= 4 is 38.9 Å². The Balaban J connectivity index is 1.26. The minimum absolute atomic E-state index is 0.00122. The normalized spacial score (nSPS) is 13.0. The van der Waals surface area contributed by atoms with Crippen LogP contribution >= 0.6 is 0 Å². The van der Waals surface area contributed by atoms with Crippen LogP contribution in [0.2, 0.25) is 0 Å². The van der Waals surface area contributed by atoms with Crippen molar-refractivity contribution in [1.82, 2.24) is 14.5 Å². The van der Waals surface area contributed by atoms with Crippen LogP contribution in [0, 0.1) is 6.92 Å². The van der Waals surface area contributed by atoms with Gasteiger partial charge in [-0.3, -0.25) is 4.57 Å². The number of ether oxygens (including phenoxy) is 1. The maximum absolute atomic E-state index is 6.67. The fourth-order valence-corrected chi connectivity index (χ4v) is 6.56. The molecule has 3 aromatic heterocycles. The Hall–Kier alpha value is -5.62. The van der Waals surface area contributed by atoms with Crippen molar-refractivity contribution < 1.29 is 4.74 Å². The predicted molar refractivity (Wildman–Crippen MR) is 194 cm³/mol. The summed E-state index contributed by atoms with van der Waals surface area (Å²) in [5, 5.41) is 2.32. The quantitative estimate of drug-likeness (QED) is 0.193. The molecule has 0 unspecified atom stereocenters.